The Morgan fingerprint density at radius 2 is 1.88 bits per heavy atom. The van der Waals surface area contributed by atoms with E-state index < -0.39 is 15.9 Å². The third kappa shape index (κ3) is 4.90. The van der Waals surface area contributed by atoms with Gasteiger partial charge in [-0.05, 0) is 49.9 Å². The van der Waals surface area contributed by atoms with Crippen LogP contribution >= 0.6 is 0 Å². The Bertz CT molecular complexity index is 841. The minimum atomic E-state index is -3.81. The van der Waals surface area contributed by atoms with E-state index in [0.717, 1.165) is 23.4 Å². The zero-order chi connectivity index (χ0) is 18.6. The molecule has 8 heteroatoms. The van der Waals surface area contributed by atoms with Crippen molar-refractivity contribution in [3.05, 3.63) is 47.3 Å². The van der Waals surface area contributed by atoms with Gasteiger partial charge >= 0.3 is 0 Å². The smallest absolute Gasteiger partial charge is 0.257 e. The van der Waals surface area contributed by atoms with Gasteiger partial charge < -0.3 is 0 Å². The van der Waals surface area contributed by atoms with Gasteiger partial charge in [0.2, 0.25) is 0 Å². The number of rotatable bonds is 7. The first-order valence-corrected chi connectivity index (χ1v) is 9.63. The molecule has 25 heavy (non-hydrogen) atoms. The zero-order valence-electron chi connectivity index (χ0n) is 14.9. The highest BCUT2D eigenvalue weighted by Crippen LogP contribution is 2.20. The number of aromatic nitrogens is 2. The van der Waals surface area contributed by atoms with E-state index >= 15 is 0 Å². The molecule has 0 aliphatic carbocycles. The highest BCUT2D eigenvalue weighted by Gasteiger charge is 2.16. The van der Waals surface area contributed by atoms with Crippen LogP contribution in [-0.4, -0.2) is 24.1 Å². The molecule has 136 valence electrons. The summed E-state index contributed by atoms with van der Waals surface area (Å²) >= 11 is 0. The van der Waals surface area contributed by atoms with Crippen molar-refractivity contribution in [3.63, 3.8) is 0 Å². The maximum Gasteiger partial charge on any atom is 0.257 e. The number of hydrogen-bond acceptors (Lipinski definition) is 4. The number of carbonyl (C=O) groups excluding carboxylic acids is 1. The molecule has 0 radical (unpaired) electrons. The summed E-state index contributed by atoms with van der Waals surface area (Å²) in [7, 11) is -3.81. The molecule has 1 amide bonds. The zero-order valence-corrected chi connectivity index (χ0v) is 15.7. The minimum absolute atomic E-state index is 0.0604. The molecule has 1 aromatic heterocycles. The summed E-state index contributed by atoms with van der Waals surface area (Å²) in [6.07, 6.45) is 0.979. The Morgan fingerprint density at radius 1 is 1.24 bits per heavy atom. The summed E-state index contributed by atoms with van der Waals surface area (Å²) in [5.74, 6) is -0.129. The van der Waals surface area contributed by atoms with E-state index in [1.165, 1.54) is 16.8 Å². The van der Waals surface area contributed by atoms with Gasteiger partial charge in [0.05, 0.1) is 10.6 Å². The van der Waals surface area contributed by atoms with Crippen LogP contribution in [0.2, 0.25) is 0 Å². The maximum absolute atomic E-state index is 12.3. The number of sulfonamides is 1. The van der Waals surface area contributed by atoms with Gasteiger partial charge in [0.25, 0.3) is 15.9 Å². The van der Waals surface area contributed by atoms with Crippen molar-refractivity contribution < 1.29 is 13.2 Å². The fraction of sp³-hybridized carbons (Fsp3) is 0.412. The number of nitrogens with zero attached hydrogens (tertiary/aromatic N) is 2. The van der Waals surface area contributed by atoms with Crippen LogP contribution in [0.15, 0.2) is 35.2 Å². The first kappa shape index (κ1) is 19.1. The average molecular weight is 364 g/mol. The van der Waals surface area contributed by atoms with Crippen LogP contribution in [0.4, 0.5) is 0 Å². The van der Waals surface area contributed by atoms with E-state index in [4.69, 9.17) is 0 Å². The lowest BCUT2D eigenvalue weighted by atomic mass is 9.99. The van der Waals surface area contributed by atoms with Crippen LogP contribution in [0.3, 0.4) is 0 Å². The second-order valence-corrected chi connectivity index (χ2v) is 7.80. The molecule has 7 nitrogen and oxygen atoms in total. The van der Waals surface area contributed by atoms with E-state index in [-0.39, 0.29) is 11.4 Å². The van der Waals surface area contributed by atoms with Crippen LogP contribution in [0.5, 0.6) is 0 Å². The van der Waals surface area contributed by atoms with Crippen molar-refractivity contribution in [2.45, 2.75) is 51.5 Å². The van der Waals surface area contributed by atoms with E-state index in [2.05, 4.69) is 29.2 Å². The number of nitrogens with one attached hydrogen (secondary N) is 2. The van der Waals surface area contributed by atoms with Crippen molar-refractivity contribution in [2.75, 3.05) is 0 Å². The first-order chi connectivity index (χ1) is 11.7. The number of carbonyl (C=O) groups is 1. The fourth-order valence-corrected chi connectivity index (χ4v) is 3.27. The molecule has 0 aliphatic rings. The molecule has 2 N–H and O–H groups in total. The number of hydrazine groups is 1. The normalized spacial score (nSPS) is 12.8. The lowest BCUT2D eigenvalue weighted by molar-refractivity contribution is -0.122. The molecular weight excluding hydrogens is 340 g/mol. The van der Waals surface area contributed by atoms with E-state index in [9.17, 15) is 13.2 Å². The Balaban J connectivity index is 1.99. The standard InChI is InChI=1S/C17H24N4O3S/c1-5-12(2)15-6-8-16(9-7-15)25(23,24)20-18-17(22)11-21-14(4)10-13(3)19-21/h6-10,12,20H,5,11H2,1-4H3,(H,18,22)/t12-/m1/s1. The average Bonchev–Trinajstić information content (AvgIpc) is 2.89. The Morgan fingerprint density at radius 3 is 2.40 bits per heavy atom. The number of aryl methyl sites for hydroxylation is 2. The first-order valence-electron chi connectivity index (χ1n) is 8.14. The summed E-state index contributed by atoms with van der Waals surface area (Å²) in [6.45, 7) is 7.76. The van der Waals surface area contributed by atoms with Crippen molar-refractivity contribution in [3.8, 4) is 0 Å². The quantitative estimate of drug-likeness (QED) is 0.735. The van der Waals surface area contributed by atoms with Crippen LogP contribution in [0.1, 0.15) is 43.1 Å². The summed E-state index contributed by atoms with van der Waals surface area (Å²) in [5.41, 5.74) is 4.92. The summed E-state index contributed by atoms with van der Waals surface area (Å²) in [6, 6.07) is 8.51. The molecule has 1 heterocycles. The van der Waals surface area contributed by atoms with E-state index in [1.807, 2.05) is 19.9 Å². The Labute approximate surface area is 148 Å². The molecule has 0 unspecified atom stereocenters. The van der Waals surface area contributed by atoms with Gasteiger partial charge in [0, 0.05) is 5.69 Å². The lowest BCUT2D eigenvalue weighted by Gasteiger charge is -2.11. The van der Waals surface area contributed by atoms with Crippen molar-refractivity contribution in [1.29, 1.82) is 0 Å². The monoisotopic (exact) mass is 364 g/mol. The molecule has 0 spiro atoms. The SMILES string of the molecule is CC[C@@H](C)c1ccc(S(=O)(=O)NNC(=O)Cn2nc(C)cc2C)cc1. The molecule has 0 aliphatic heterocycles. The van der Waals surface area contributed by atoms with Crippen molar-refractivity contribution in [2.24, 2.45) is 0 Å². The third-order valence-electron chi connectivity index (χ3n) is 4.09. The van der Waals surface area contributed by atoms with Gasteiger partial charge in [0.1, 0.15) is 6.54 Å². The predicted molar refractivity (Wildman–Crippen MR) is 95.3 cm³/mol. The van der Waals surface area contributed by atoms with Crippen LogP contribution in [-0.2, 0) is 21.4 Å². The molecular formula is C17H24N4O3S. The highest BCUT2D eigenvalue weighted by molar-refractivity contribution is 7.89. The number of hydrogen-bond donors (Lipinski definition) is 2. The second kappa shape index (κ2) is 7.79. The third-order valence-corrected chi connectivity index (χ3v) is 5.36. The summed E-state index contributed by atoms with van der Waals surface area (Å²) in [4.78, 5) is 14.2. The van der Waals surface area contributed by atoms with E-state index in [0.29, 0.717) is 5.92 Å². The molecule has 0 bridgehead atoms. The molecule has 0 saturated heterocycles. The lowest BCUT2D eigenvalue weighted by Crippen LogP contribution is -2.43. The number of benzene rings is 1. The van der Waals surface area contributed by atoms with Gasteiger partial charge in [-0.1, -0.05) is 26.0 Å². The molecule has 2 aromatic rings. The molecule has 0 fully saturated rings. The van der Waals surface area contributed by atoms with Crippen LogP contribution < -0.4 is 10.3 Å². The molecule has 2 rings (SSSR count). The van der Waals surface area contributed by atoms with Crippen LogP contribution in [0, 0.1) is 13.8 Å². The summed E-state index contributed by atoms with van der Waals surface area (Å²) in [5, 5.41) is 4.17. The van der Waals surface area contributed by atoms with Crippen molar-refractivity contribution >= 4 is 15.9 Å². The predicted octanol–water partition coefficient (Wildman–Crippen LogP) is 2.02. The summed E-state index contributed by atoms with van der Waals surface area (Å²) < 4.78 is 26.0. The second-order valence-electron chi connectivity index (χ2n) is 6.12. The van der Waals surface area contributed by atoms with E-state index in [1.54, 1.807) is 12.1 Å². The Hall–Kier alpha value is -2.19. The number of amides is 1. The molecule has 1 atom stereocenters. The maximum atomic E-state index is 12.3. The van der Waals surface area contributed by atoms with Gasteiger partial charge in [-0.3, -0.25) is 14.9 Å². The van der Waals surface area contributed by atoms with Gasteiger partial charge in [-0.2, -0.15) is 5.10 Å². The van der Waals surface area contributed by atoms with Crippen molar-refractivity contribution in [1.82, 2.24) is 20.0 Å². The van der Waals surface area contributed by atoms with Crippen LogP contribution in [0.25, 0.3) is 0 Å². The minimum Gasteiger partial charge on any atom is -0.276 e. The van der Waals surface area contributed by atoms with Gasteiger partial charge in [0.15, 0.2) is 0 Å². The topological polar surface area (TPSA) is 93.1 Å². The van der Waals surface area contributed by atoms with Gasteiger partial charge in [-0.15, -0.1) is 4.83 Å². The van der Waals surface area contributed by atoms with Gasteiger partial charge in [-0.25, -0.2) is 8.42 Å². The Kier molecular flexibility index (Phi) is 5.97. The molecule has 0 saturated carbocycles. The molecule has 1 aromatic carbocycles. The highest BCUT2D eigenvalue weighted by atomic mass is 32.2. The fourth-order valence-electron chi connectivity index (χ4n) is 2.40. The largest absolute Gasteiger partial charge is 0.276 e.